The van der Waals surface area contributed by atoms with Gasteiger partial charge in [0.2, 0.25) is 11.7 Å². The molecule has 118 valence electrons. The van der Waals surface area contributed by atoms with Gasteiger partial charge in [-0.15, -0.1) is 5.10 Å². The molecule has 0 spiro atoms. The second-order valence-electron chi connectivity index (χ2n) is 5.18. The Bertz CT molecular complexity index is 772. The molecule has 0 aliphatic rings. The van der Waals surface area contributed by atoms with E-state index in [1.165, 1.54) is 0 Å². The number of hydrogen-bond donors (Lipinski definition) is 1. The molecule has 3 aromatic heterocycles. The molecule has 0 radical (unpaired) electrons. The molecule has 9 heteroatoms. The molecule has 3 heterocycles. The van der Waals surface area contributed by atoms with Gasteiger partial charge in [0.15, 0.2) is 5.69 Å². The highest BCUT2D eigenvalue weighted by Gasteiger charge is 2.26. The third-order valence-electron chi connectivity index (χ3n) is 3.19. The standard InChI is InChI=1S/C14H14N6O2S/c1-8(2)11(16-13(21)10-7-23-20-18-10)14-17-12(19-22-14)9-3-5-15-6-4-9/h3-8,11H,1-2H3,(H,16,21)/t11-/m1/s1. The normalized spacial score (nSPS) is 12.3. The maximum atomic E-state index is 12.2. The molecule has 0 aromatic carbocycles. The predicted octanol–water partition coefficient (Wildman–Crippen LogP) is 2.11. The molecule has 0 saturated heterocycles. The van der Waals surface area contributed by atoms with E-state index in [9.17, 15) is 4.79 Å². The molecule has 3 rings (SSSR count). The molecule has 0 unspecified atom stereocenters. The minimum absolute atomic E-state index is 0.0660. The number of nitrogens with one attached hydrogen (secondary N) is 1. The van der Waals surface area contributed by atoms with Gasteiger partial charge in [-0.3, -0.25) is 9.78 Å². The Balaban J connectivity index is 1.82. The molecule has 8 nitrogen and oxygen atoms in total. The second kappa shape index (κ2) is 6.61. The number of aromatic nitrogens is 5. The first-order valence-electron chi connectivity index (χ1n) is 6.97. The number of nitrogens with zero attached hydrogens (tertiary/aromatic N) is 5. The fourth-order valence-corrected chi connectivity index (χ4v) is 2.41. The van der Waals surface area contributed by atoms with Crippen LogP contribution >= 0.6 is 11.5 Å². The summed E-state index contributed by atoms with van der Waals surface area (Å²) in [5.74, 6) is 0.554. The molecule has 0 bridgehead atoms. The topological polar surface area (TPSA) is 107 Å². The summed E-state index contributed by atoms with van der Waals surface area (Å²) in [4.78, 5) is 20.5. The van der Waals surface area contributed by atoms with Crippen molar-refractivity contribution in [3.63, 3.8) is 0 Å². The van der Waals surface area contributed by atoms with E-state index in [2.05, 4.69) is 30.0 Å². The zero-order chi connectivity index (χ0) is 16.2. The molecular formula is C14H14N6O2S. The van der Waals surface area contributed by atoms with Gasteiger partial charge in [-0.2, -0.15) is 4.98 Å². The van der Waals surface area contributed by atoms with Crippen LogP contribution in [0.2, 0.25) is 0 Å². The summed E-state index contributed by atoms with van der Waals surface area (Å²) in [6.07, 6.45) is 3.31. The number of hydrogen-bond acceptors (Lipinski definition) is 8. The van der Waals surface area contributed by atoms with Crippen molar-refractivity contribution in [3.8, 4) is 11.4 Å². The SMILES string of the molecule is CC(C)[C@@H](NC(=O)c1csnn1)c1nc(-c2ccncc2)no1. The lowest BCUT2D eigenvalue weighted by Gasteiger charge is -2.17. The molecule has 0 fully saturated rings. The largest absolute Gasteiger partial charge is 0.339 e. The van der Waals surface area contributed by atoms with Crippen molar-refractivity contribution < 1.29 is 9.32 Å². The lowest BCUT2D eigenvalue weighted by molar-refractivity contribution is 0.0909. The highest BCUT2D eigenvalue weighted by Crippen LogP contribution is 2.23. The Kier molecular flexibility index (Phi) is 4.38. The maximum absolute atomic E-state index is 12.2. The second-order valence-corrected chi connectivity index (χ2v) is 5.79. The van der Waals surface area contributed by atoms with E-state index in [0.717, 1.165) is 17.1 Å². The summed E-state index contributed by atoms with van der Waals surface area (Å²) in [5.41, 5.74) is 1.07. The summed E-state index contributed by atoms with van der Waals surface area (Å²) < 4.78 is 9.02. The van der Waals surface area contributed by atoms with E-state index >= 15 is 0 Å². The first kappa shape index (κ1) is 15.2. The average Bonchev–Trinajstić information content (AvgIpc) is 3.24. The molecule has 1 N–H and O–H groups in total. The van der Waals surface area contributed by atoms with Gasteiger partial charge in [0.1, 0.15) is 6.04 Å². The van der Waals surface area contributed by atoms with Crippen LogP contribution in [0.1, 0.15) is 36.3 Å². The Morgan fingerprint density at radius 1 is 1.30 bits per heavy atom. The fraction of sp³-hybridized carbons (Fsp3) is 0.286. The first-order valence-corrected chi connectivity index (χ1v) is 7.80. The predicted molar refractivity (Wildman–Crippen MR) is 82.5 cm³/mol. The van der Waals surface area contributed by atoms with Gasteiger partial charge in [-0.25, -0.2) is 0 Å². The first-order chi connectivity index (χ1) is 11.1. The summed E-state index contributed by atoms with van der Waals surface area (Å²) in [5, 5.41) is 12.2. The van der Waals surface area contributed by atoms with Gasteiger partial charge < -0.3 is 9.84 Å². The summed E-state index contributed by atoms with van der Waals surface area (Å²) >= 11 is 1.12. The van der Waals surface area contributed by atoms with Crippen LogP contribution in [0.4, 0.5) is 0 Å². The van der Waals surface area contributed by atoms with Crippen molar-refractivity contribution in [1.29, 1.82) is 0 Å². The van der Waals surface area contributed by atoms with Crippen molar-refractivity contribution in [2.24, 2.45) is 5.92 Å². The minimum atomic E-state index is -0.410. The van der Waals surface area contributed by atoms with E-state index < -0.39 is 6.04 Å². The van der Waals surface area contributed by atoms with Crippen LogP contribution in [-0.4, -0.2) is 30.6 Å². The molecular weight excluding hydrogens is 316 g/mol. The van der Waals surface area contributed by atoms with Gasteiger partial charge in [0, 0.05) is 23.3 Å². The molecule has 0 saturated carbocycles. The number of amides is 1. The van der Waals surface area contributed by atoms with E-state index in [0.29, 0.717) is 11.7 Å². The third-order valence-corrected chi connectivity index (χ3v) is 3.70. The molecule has 1 amide bonds. The van der Waals surface area contributed by atoms with Crippen molar-refractivity contribution in [2.45, 2.75) is 19.9 Å². The zero-order valence-electron chi connectivity index (χ0n) is 12.5. The van der Waals surface area contributed by atoms with Crippen LogP contribution in [0.15, 0.2) is 34.4 Å². The van der Waals surface area contributed by atoms with E-state index in [1.54, 1.807) is 29.9 Å². The zero-order valence-corrected chi connectivity index (χ0v) is 13.3. The van der Waals surface area contributed by atoms with Crippen LogP contribution < -0.4 is 5.32 Å². The lowest BCUT2D eigenvalue weighted by Crippen LogP contribution is -2.32. The monoisotopic (exact) mass is 330 g/mol. The summed E-state index contributed by atoms with van der Waals surface area (Å²) in [7, 11) is 0. The molecule has 0 aliphatic heterocycles. The maximum Gasteiger partial charge on any atom is 0.273 e. The van der Waals surface area contributed by atoms with Crippen LogP contribution in [0.5, 0.6) is 0 Å². The van der Waals surface area contributed by atoms with Gasteiger partial charge in [0.05, 0.1) is 0 Å². The van der Waals surface area contributed by atoms with Crippen LogP contribution in [0, 0.1) is 5.92 Å². The van der Waals surface area contributed by atoms with E-state index in [1.807, 2.05) is 13.8 Å². The molecule has 1 atom stereocenters. The van der Waals surface area contributed by atoms with E-state index in [4.69, 9.17) is 4.52 Å². The van der Waals surface area contributed by atoms with Crippen molar-refractivity contribution in [1.82, 2.24) is 30.0 Å². The average molecular weight is 330 g/mol. The van der Waals surface area contributed by atoms with Crippen LogP contribution in [0.25, 0.3) is 11.4 Å². The Labute approximate surface area is 136 Å². The van der Waals surface area contributed by atoms with Gasteiger partial charge in [0.25, 0.3) is 5.91 Å². The van der Waals surface area contributed by atoms with Gasteiger partial charge in [-0.05, 0) is 29.6 Å². The highest BCUT2D eigenvalue weighted by atomic mass is 32.1. The summed E-state index contributed by atoms with van der Waals surface area (Å²) in [6.45, 7) is 3.92. The van der Waals surface area contributed by atoms with Gasteiger partial charge >= 0.3 is 0 Å². The lowest BCUT2D eigenvalue weighted by atomic mass is 10.0. The quantitative estimate of drug-likeness (QED) is 0.763. The number of carbonyl (C=O) groups is 1. The minimum Gasteiger partial charge on any atom is -0.339 e. The Hall–Kier alpha value is -2.68. The smallest absolute Gasteiger partial charge is 0.273 e. The highest BCUT2D eigenvalue weighted by molar-refractivity contribution is 7.03. The number of rotatable bonds is 5. The Morgan fingerprint density at radius 2 is 2.09 bits per heavy atom. The van der Waals surface area contributed by atoms with Crippen LogP contribution in [0.3, 0.4) is 0 Å². The number of carbonyl (C=O) groups excluding carboxylic acids is 1. The fourth-order valence-electron chi connectivity index (χ4n) is 1.97. The van der Waals surface area contributed by atoms with Crippen molar-refractivity contribution >= 4 is 17.4 Å². The molecule has 0 aliphatic carbocycles. The molecule has 23 heavy (non-hydrogen) atoms. The number of pyridine rings is 1. The van der Waals surface area contributed by atoms with Crippen molar-refractivity contribution in [2.75, 3.05) is 0 Å². The van der Waals surface area contributed by atoms with Crippen molar-refractivity contribution in [3.05, 3.63) is 41.5 Å². The van der Waals surface area contributed by atoms with Crippen LogP contribution in [-0.2, 0) is 0 Å². The van der Waals surface area contributed by atoms with E-state index in [-0.39, 0.29) is 17.5 Å². The molecule has 3 aromatic rings. The third kappa shape index (κ3) is 3.39. The summed E-state index contributed by atoms with van der Waals surface area (Å²) in [6, 6.07) is 3.17. The Morgan fingerprint density at radius 3 is 2.74 bits per heavy atom. The van der Waals surface area contributed by atoms with Gasteiger partial charge in [-0.1, -0.05) is 23.5 Å².